The SMILES string of the molecule is CS(=O)(=O)c1ccc2c(c1)c1ccccc1n2S(C)(=O)=O. The van der Waals surface area contributed by atoms with Gasteiger partial charge in [0.2, 0.25) is 10.0 Å². The second-order valence-electron chi connectivity index (χ2n) is 5.00. The van der Waals surface area contributed by atoms with Gasteiger partial charge in [-0.05, 0) is 24.3 Å². The smallest absolute Gasteiger partial charge is 0.236 e. The molecule has 0 amide bonds. The van der Waals surface area contributed by atoms with Gasteiger partial charge < -0.3 is 0 Å². The monoisotopic (exact) mass is 323 g/mol. The molecule has 0 aliphatic rings. The molecule has 1 heterocycles. The number of para-hydroxylation sites is 1. The maximum absolute atomic E-state index is 12.0. The molecular formula is C14H13NO4S2. The molecule has 3 aromatic rings. The zero-order valence-corrected chi connectivity index (χ0v) is 13.1. The first-order valence-corrected chi connectivity index (χ1v) is 9.87. The van der Waals surface area contributed by atoms with E-state index >= 15 is 0 Å². The highest BCUT2D eigenvalue weighted by atomic mass is 32.2. The van der Waals surface area contributed by atoms with Crippen molar-refractivity contribution in [1.29, 1.82) is 0 Å². The molecule has 7 heteroatoms. The Labute approximate surface area is 122 Å². The minimum absolute atomic E-state index is 0.173. The number of nitrogens with zero attached hydrogens (tertiary/aromatic N) is 1. The summed E-state index contributed by atoms with van der Waals surface area (Å²) in [5, 5.41) is 1.32. The van der Waals surface area contributed by atoms with Gasteiger partial charge in [0.05, 0.1) is 22.2 Å². The van der Waals surface area contributed by atoms with Gasteiger partial charge in [-0.3, -0.25) is 0 Å². The van der Waals surface area contributed by atoms with E-state index in [1.807, 2.05) is 0 Å². The third-order valence-corrected chi connectivity index (χ3v) is 5.53. The molecule has 2 aromatic carbocycles. The fraction of sp³-hybridized carbons (Fsp3) is 0.143. The lowest BCUT2D eigenvalue weighted by molar-refractivity contribution is 0.596. The van der Waals surface area contributed by atoms with Crippen LogP contribution in [0.2, 0.25) is 0 Å². The number of fused-ring (bicyclic) bond motifs is 3. The van der Waals surface area contributed by atoms with E-state index in [1.165, 1.54) is 22.2 Å². The van der Waals surface area contributed by atoms with Crippen LogP contribution in [0.3, 0.4) is 0 Å². The van der Waals surface area contributed by atoms with Crippen molar-refractivity contribution in [2.45, 2.75) is 4.90 Å². The molecule has 5 nitrogen and oxygen atoms in total. The van der Waals surface area contributed by atoms with Crippen molar-refractivity contribution in [3.63, 3.8) is 0 Å². The minimum Gasteiger partial charge on any atom is -0.237 e. The molecule has 0 saturated carbocycles. The zero-order valence-electron chi connectivity index (χ0n) is 11.4. The van der Waals surface area contributed by atoms with Crippen molar-refractivity contribution in [1.82, 2.24) is 3.97 Å². The van der Waals surface area contributed by atoms with Crippen LogP contribution in [-0.4, -0.2) is 33.3 Å². The van der Waals surface area contributed by atoms with Crippen LogP contribution in [-0.2, 0) is 19.9 Å². The molecule has 0 bridgehead atoms. The average molecular weight is 323 g/mol. The Hall–Kier alpha value is -1.86. The summed E-state index contributed by atoms with van der Waals surface area (Å²) < 4.78 is 48.7. The molecule has 0 atom stereocenters. The standard InChI is InChI=1S/C14H13NO4S2/c1-20(16,17)10-7-8-14-12(9-10)11-5-3-4-6-13(11)15(14)21(2,18)19/h3-9H,1-2H3. The Morgan fingerprint density at radius 3 is 2.05 bits per heavy atom. The van der Waals surface area contributed by atoms with Crippen LogP contribution < -0.4 is 0 Å². The van der Waals surface area contributed by atoms with Crippen LogP contribution in [0.1, 0.15) is 0 Å². The molecule has 0 radical (unpaired) electrons. The van der Waals surface area contributed by atoms with Crippen molar-refractivity contribution < 1.29 is 16.8 Å². The Balaban J connectivity index is 2.59. The number of aromatic nitrogens is 1. The van der Waals surface area contributed by atoms with Gasteiger partial charge in [0.25, 0.3) is 0 Å². The molecule has 21 heavy (non-hydrogen) atoms. The number of hydrogen-bond acceptors (Lipinski definition) is 4. The van der Waals surface area contributed by atoms with Gasteiger partial charge in [-0.1, -0.05) is 18.2 Å². The van der Waals surface area contributed by atoms with Crippen molar-refractivity contribution in [3.05, 3.63) is 42.5 Å². The fourth-order valence-electron chi connectivity index (χ4n) is 2.50. The molecule has 1 aromatic heterocycles. The number of rotatable bonds is 2. The van der Waals surface area contributed by atoms with E-state index in [1.54, 1.807) is 24.3 Å². The summed E-state index contributed by atoms with van der Waals surface area (Å²) in [5.74, 6) is 0. The first-order valence-electron chi connectivity index (χ1n) is 6.13. The predicted octanol–water partition coefficient (Wildman–Crippen LogP) is 2.01. The molecule has 0 aliphatic carbocycles. The fourth-order valence-corrected chi connectivity index (χ4v) is 4.18. The Bertz CT molecular complexity index is 1080. The second kappa shape index (κ2) is 4.32. The average Bonchev–Trinajstić information content (AvgIpc) is 2.70. The summed E-state index contributed by atoms with van der Waals surface area (Å²) >= 11 is 0. The molecule has 0 fully saturated rings. The maximum atomic E-state index is 12.0. The van der Waals surface area contributed by atoms with E-state index in [2.05, 4.69) is 0 Å². The van der Waals surface area contributed by atoms with Crippen molar-refractivity contribution >= 4 is 41.7 Å². The highest BCUT2D eigenvalue weighted by molar-refractivity contribution is 7.90. The number of benzene rings is 2. The summed E-state index contributed by atoms with van der Waals surface area (Å²) in [7, 11) is -6.84. The molecule has 3 rings (SSSR count). The van der Waals surface area contributed by atoms with E-state index in [9.17, 15) is 16.8 Å². The summed E-state index contributed by atoms with van der Waals surface area (Å²) in [6.45, 7) is 0. The van der Waals surface area contributed by atoms with E-state index < -0.39 is 19.9 Å². The zero-order chi connectivity index (χ0) is 15.4. The Morgan fingerprint density at radius 2 is 1.43 bits per heavy atom. The quantitative estimate of drug-likeness (QED) is 0.723. The van der Waals surface area contributed by atoms with Gasteiger partial charge in [-0.15, -0.1) is 0 Å². The minimum atomic E-state index is -3.49. The number of sulfone groups is 1. The van der Waals surface area contributed by atoms with Gasteiger partial charge >= 0.3 is 0 Å². The Morgan fingerprint density at radius 1 is 0.810 bits per heavy atom. The topological polar surface area (TPSA) is 73.2 Å². The van der Waals surface area contributed by atoms with Crippen LogP contribution >= 0.6 is 0 Å². The lowest BCUT2D eigenvalue weighted by Crippen LogP contribution is -2.09. The highest BCUT2D eigenvalue weighted by Crippen LogP contribution is 2.31. The number of hydrogen-bond donors (Lipinski definition) is 0. The third-order valence-electron chi connectivity index (χ3n) is 3.36. The summed E-state index contributed by atoms with van der Waals surface area (Å²) in [6, 6.07) is 11.5. The second-order valence-corrected chi connectivity index (χ2v) is 8.84. The predicted molar refractivity (Wildman–Crippen MR) is 82.8 cm³/mol. The largest absolute Gasteiger partial charge is 0.237 e. The van der Waals surface area contributed by atoms with Crippen LogP contribution in [0.4, 0.5) is 0 Å². The molecular weight excluding hydrogens is 310 g/mol. The summed E-state index contributed by atoms with van der Waals surface area (Å²) in [6.07, 6.45) is 2.26. The Kier molecular flexibility index (Phi) is 2.90. The highest BCUT2D eigenvalue weighted by Gasteiger charge is 2.18. The van der Waals surface area contributed by atoms with Gasteiger partial charge in [0.15, 0.2) is 9.84 Å². The van der Waals surface area contributed by atoms with Crippen molar-refractivity contribution in [2.24, 2.45) is 0 Å². The maximum Gasteiger partial charge on any atom is 0.236 e. The third kappa shape index (κ3) is 2.22. The summed E-state index contributed by atoms with van der Waals surface area (Å²) in [5.41, 5.74) is 1.02. The first kappa shape index (κ1) is 14.1. The van der Waals surface area contributed by atoms with Gasteiger partial charge in [-0.2, -0.15) is 0 Å². The van der Waals surface area contributed by atoms with Crippen LogP contribution in [0, 0.1) is 0 Å². The van der Waals surface area contributed by atoms with Crippen LogP contribution in [0.15, 0.2) is 47.4 Å². The lowest BCUT2D eigenvalue weighted by atomic mass is 10.1. The van der Waals surface area contributed by atoms with E-state index in [0.29, 0.717) is 21.8 Å². The van der Waals surface area contributed by atoms with Gasteiger partial charge in [-0.25, -0.2) is 20.8 Å². The van der Waals surface area contributed by atoms with E-state index in [-0.39, 0.29) is 4.90 Å². The summed E-state index contributed by atoms with van der Waals surface area (Å²) in [4.78, 5) is 0.173. The van der Waals surface area contributed by atoms with E-state index in [4.69, 9.17) is 0 Å². The van der Waals surface area contributed by atoms with E-state index in [0.717, 1.165) is 12.5 Å². The molecule has 110 valence electrons. The van der Waals surface area contributed by atoms with Crippen LogP contribution in [0.5, 0.6) is 0 Å². The molecule has 0 aliphatic heterocycles. The van der Waals surface area contributed by atoms with Crippen LogP contribution in [0.25, 0.3) is 21.8 Å². The molecule has 0 saturated heterocycles. The molecule has 0 unspecified atom stereocenters. The van der Waals surface area contributed by atoms with Crippen molar-refractivity contribution in [2.75, 3.05) is 12.5 Å². The lowest BCUT2D eigenvalue weighted by Gasteiger charge is -2.04. The van der Waals surface area contributed by atoms with Gasteiger partial charge in [0.1, 0.15) is 0 Å². The molecule has 0 spiro atoms. The van der Waals surface area contributed by atoms with Gasteiger partial charge in [0, 0.05) is 17.0 Å². The molecule has 0 N–H and O–H groups in total. The first-order chi connectivity index (χ1) is 9.69. The van der Waals surface area contributed by atoms with Crippen molar-refractivity contribution in [3.8, 4) is 0 Å². The normalized spacial score (nSPS) is 13.0.